The molecule has 1 aliphatic rings. The van der Waals surface area contributed by atoms with Crippen LogP contribution in [0.2, 0.25) is 0 Å². The second kappa shape index (κ2) is 3.79. The van der Waals surface area contributed by atoms with Crippen LogP contribution < -0.4 is 5.73 Å². The van der Waals surface area contributed by atoms with Gasteiger partial charge in [-0.25, -0.2) is 0 Å². The molecule has 4 heteroatoms. The van der Waals surface area contributed by atoms with Gasteiger partial charge in [-0.1, -0.05) is 0 Å². The highest BCUT2D eigenvalue weighted by Crippen LogP contribution is 2.15. The quantitative estimate of drug-likeness (QED) is 0.737. The highest BCUT2D eigenvalue weighted by molar-refractivity contribution is 5.30. The lowest BCUT2D eigenvalue weighted by Crippen LogP contribution is -2.22. The summed E-state index contributed by atoms with van der Waals surface area (Å²) in [6, 6.07) is 0. The second-order valence-corrected chi connectivity index (χ2v) is 3.58. The number of nitrogens with zero attached hydrogens (tertiary/aromatic N) is 2. The minimum Gasteiger partial charge on any atom is -0.396 e. The molecule has 1 unspecified atom stereocenters. The Balaban J connectivity index is 1.89. The predicted molar refractivity (Wildman–Crippen MR) is 50.2 cm³/mol. The zero-order valence-corrected chi connectivity index (χ0v) is 7.65. The summed E-state index contributed by atoms with van der Waals surface area (Å²) in [5, 5.41) is 4.15. The molecule has 0 bridgehead atoms. The average Bonchev–Trinajstić information content (AvgIpc) is 2.53. The Morgan fingerprint density at radius 2 is 2.62 bits per heavy atom. The molecule has 0 saturated carbocycles. The van der Waals surface area contributed by atoms with Gasteiger partial charge in [0.15, 0.2) is 0 Å². The van der Waals surface area contributed by atoms with Crippen molar-refractivity contribution in [2.75, 3.05) is 18.9 Å². The van der Waals surface area contributed by atoms with Gasteiger partial charge in [0.1, 0.15) is 0 Å². The highest BCUT2D eigenvalue weighted by Gasteiger charge is 2.14. The predicted octanol–water partition coefficient (Wildman–Crippen LogP) is 0.892. The normalized spacial score (nSPS) is 23.2. The van der Waals surface area contributed by atoms with Crippen LogP contribution >= 0.6 is 0 Å². The molecular formula is C9H15N3O. The maximum Gasteiger partial charge on any atom is 0.0719 e. The molecule has 0 spiro atoms. The summed E-state index contributed by atoms with van der Waals surface area (Å²) in [5.41, 5.74) is 6.30. The minimum absolute atomic E-state index is 0.605. The van der Waals surface area contributed by atoms with Crippen LogP contribution in [0.4, 0.5) is 5.69 Å². The summed E-state index contributed by atoms with van der Waals surface area (Å²) < 4.78 is 7.29. The smallest absolute Gasteiger partial charge is 0.0719 e. The fraction of sp³-hybridized carbons (Fsp3) is 0.667. The fourth-order valence-electron chi connectivity index (χ4n) is 1.70. The first-order chi connectivity index (χ1) is 6.34. The fourth-order valence-corrected chi connectivity index (χ4v) is 1.70. The molecule has 0 aromatic carbocycles. The molecule has 1 aromatic rings. The van der Waals surface area contributed by atoms with Gasteiger partial charge in [0, 0.05) is 25.3 Å². The molecule has 0 radical (unpaired) electrons. The number of hydrogen-bond acceptors (Lipinski definition) is 3. The zero-order chi connectivity index (χ0) is 9.10. The number of hydrogen-bond donors (Lipinski definition) is 1. The largest absolute Gasteiger partial charge is 0.396 e. The first kappa shape index (κ1) is 8.56. The molecule has 1 atom stereocenters. The molecule has 1 aliphatic heterocycles. The summed E-state index contributed by atoms with van der Waals surface area (Å²) in [6.45, 7) is 2.70. The lowest BCUT2D eigenvalue weighted by molar-refractivity contribution is 0.0470. The van der Waals surface area contributed by atoms with E-state index in [-0.39, 0.29) is 0 Å². The maximum atomic E-state index is 5.57. The number of ether oxygens (including phenoxy) is 1. The van der Waals surface area contributed by atoms with Gasteiger partial charge in [0.25, 0.3) is 0 Å². The van der Waals surface area contributed by atoms with Crippen molar-refractivity contribution in [3.8, 4) is 0 Å². The number of rotatable bonds is 2. The lowest BCUT2D eigenvalue weighted by Gasteiger charge is -2.21. The van der Waals surface area contributed by atoms with Crippen LogP contribution in [0.3, 0.4) is 0 Å². The van der Waals surface area contributed by atoms with Crippen LogP contribution in [0.5, 0.6) is 0 Å². The number of nitrogens with two attached hydrogens (primary N) is 1. The van der Waals surface area contributed by atoms with Crippen LogP contribution in [0.1, 0.15) is 12.8 Å². The molecule has 0 amide bonds. The van der Waals surface area contributed by atoms with Gasteiger partial charge in [0.2, 0.25) is 0 Å². The molecule has 2 rings (SSSR count). The zero-order valence-electron chi connectivity index (χ0n) is 7.65. The third kappa shape index (κ3) is 2.21. The third-order valence-electron chi connectivity index (χ3n) is 2.35. The Kier molecular flexibility index (Phi) is 2.49. The Morgan fingerprint density at radius 1 is 1.69 bits per heavy atom. The number of anilines is 1. The molecule has 72 valence electrons. The molecule has 0 aliphatic carbocycles. The van der Waals surface area contributed by atoms with Gasteiger partial charge >= 0.3 is 0 Å². The summed E-state index contributed by atoms with van der Waals surface area (Å²) in [6.07, 6.45) is 5.96. The van der Waals surface area contributed by atoms with Gasteiger partial charge in [-0.2, -0.15) is 5.10 Å². The van der Waals surface area contributed by atoms with Crippen molar-refractivity contribution in [1.82, 2.24) is 9.78 Å². The standard InChI is InChI=1S/C9H15N3O/c10-9-4-11-12(6-9)5-8-2-1-3-13-7-8/h4,6,8H,1-3,5,7,10H2. The topological polar surface area (TPSA) is 53.1 Å². The Morgan fingerprint density at radius 3 is 3.23 bits per heavy atom. The third-order valence-corrected chi connectivity index (χ3v) is 2.35. The second-order valence-electron chi connectivity index (χ2n) is 3.58. The van der Waals surface area contributed by atoms with E-state index in [4.69, 9.17) is 10.5 Å². The Hall–Kier alpha value is -1.03. The summed E-state index contributed by atoms with van der Waals surface area (Å²) >= 11 is 0. The van der Waals surface area contributed by atoms with Crippen molar-refractivity contribution in [1.29, 1.82) is 0 Å². The van der Waals surface area contributed by atoms with Gasteiger partial charge in [-0.15, -0.1) is 0 Å². The molecule has 13 heavy (non-hydrogen) atoms. The Labute approximate surface area is 77.7 Å². The van der Waals surface area contributed by atoms with Crippen molar-refractivity contribution in [2.45, 2.75) is 19.4 Å². The highest BCUT2D eigenvalue weighted by atomic mass is 16.5. The van der Waals surface area contributed by atoms with E-state index >= 15 is 0 Å². The molecule has 1 fully saturated rings. The Bertz CT molecular complexity index is 266. The van der Waals surface area contributed by atoms with Crippen LogP contribution in [-0.4, -0.2) is 23.0 Å². The van der Waals surface area contributed by atoms with E-state index in [9.17, 15) is 0 Å². The van der Waals surface area contributed by atoms with Gasteiger partial charge in [0.05, 0.1) is 18.5 Å². The van der Waals surface area contributed by atoms with Crippen LogP contribution in [0.15, 0.2) is 12.4 Å². The van der Waals surface area contributed by atoms with E-state index in [1.54, 1.807) is 6.20 Å². The summed E-state index contributed by atoms with van der Waals surface area (Å²) in [4.78, 5) is 0. The van der Waals surface area contributed by atoms with Crippen molar-refractivity contribution in [3.05, 3.63) is 12.4 Å². The van der Waals surface area contributed by atoms with Crippen LogP contribution in [0.25, 0.3) is 0 Å². The monoisotopic (exact) mass is 181 g/mol. The van der Waals surface area contributed by atoms with Crippen LogP contribution in [0, 0.1) is 5.92 Å². The minimum atomic E-state index is 0.605. The lowest BCUT2D eigenvalue weighted by atomic mass is 10.0. The van der Waals surface area contributed by atoms with E-state index < -0.39 is 0 Å². The molecule has 2 N–H and O–H groups in total. The van der Waals surface area contributed by atoms with Gasteiger partial charge in [-0.3, -0.25) is 4.68 Å². The average molecular weight is 181 g/mol. The first-order valence-corrected chi connectivity index (χ1v) is 4.70. The SMILES string of the molecule is Nc1cnn(CC2CCCOC2)c1. The van der Waals surface area contributed by atoms with E-state index in [0.717, 1.165) is 25.4 Å². The molecule has 4 nitrogen and oxygen atoms in total. The van der Waals surface area contributed by atoms with Crippen molar-refractivity contribution >= 4 is 5.69 Å². The van der Waals surface area contributed by atoms with E-state index in [1.807, 2.05) is 10.9 Å². The molecule has 1 aromatic heterocycles. The molecule has 2 heterocycles. The summed E-state index contributed by atoms with van der Waals surface area (Å²) in [7, 11) is 0. The summed E-state index contributed by atoms with van der Waals surface area (Å²) in [5.74, 6) is 0.605. The van der Waals surface area contributed by atoms with Crippen molar-refractivity contribution in [2.24, 2.45) is 5.92 Å². The van der Waals surface area contributed by atoms with E-state index in [1.165, 1.54) is 12.8 Å². The number of aromatic nitrogens is 2. The van der Waals surface area contributed by atoms with E-state index in [2.05, 4.69) is 5.10 Å². The molecular weight excluding hydrogens is 166 g/mol. The van der Waals surface area contributed by atoms with Crippen molar-refractivity contribution < 1.29 is 4.74 Å². The number of nitrogen functional groups attached to an aromatic ring is 1. The molecule has 1 saturated heterocycles. The maximum absolute atomic E-state index is 5.57. The van der Waals surface area contributed by atoms with E-state index in [0.29, 0.717) is 5.92 Å². The van der Waals surface area contributed by atoms with Crippen molar-refractivity contribution in [3.63, 3.8) is 0 Å². The van der Waals surface area contributed by atoms with Gasteiger partial charge < -0.3 is 10.5 Å². The van der Waals surface area contributed by atoms with Crippen LogP contribution in [-0.2, 0) is 11.3 Å². The first-order valence-electron chi connectivity index (χ1n) is 4.70. The van der Waals surface area contributed by atoms with Gasteiger partial charge in [-0.05, 0) is 12.8 Å².